The first-order chi connectivity index (χ1) is 8.22. The highest BCUT2D eigenvalue weighted by atomic mass is 79.9. The van der Waals surface area contributed by atoms with Crippen LogP contribution in [0.4, 0.5) is 5.82 Å². The predicted molar refractivity (Wildman–Crippen MR) is 75.9 cm³/mol. The molecule has 94 valence electrons. The maximum absolute atomic E-state index is 5.93. The first-order valence-corrected chi connectivity index (χ1v) is 7.18. The van der Waals surface area contributed by atoms with Gasteiger partial charge < -0.3 is 10.2 Å². The zero-order valence-electron chi connectivity index (χ0n) is 9.92. The molecule has 1 atom stereocenters. The molecule has 1 fully saturated rings. The van der Waals surface area contributed by atoms with Crippen LogP contribution in [0.2, 0.25) is 5.02 Å². The van der Waals surface area contributed by atoms with Crippen molar-refractivity contribution in [2.24, 2.45) is 0 Å². The van der Waals surface area contributed by atoms with Crippen molar-refractivity contribution in [2.45, 2.75) is 25.8 Å². The number of likely N-dealkylation sites (N-methyl/N-ethyl adjacent to an activating group) is 1. The van der Waals surface area contributed by atoms with Crippen molar-refractivity contribution in [1.29, 1.82) is 0 Å². The summed E-state index contributed by atoms with van der Waals surface area (Å²) in [5, 5.41) is 4.10. The zero-order valence-corrected chi connectivity index (χ0v) is 12.3. The van der Waals surface area contributed by atoms with Gasteiger partial charge in [0.1, 0.15) is 5.82 Å². The normalized spacial score (nSPS) is 20.3. The second kappa shape index (κ2) is 6.03. The van der Waals surface area contributed by atoms with Gasteiger partial charge in [0.25, 0.3) is 0 Å². The molecule has 1 aliphatic rings. The molecule has 0 radical (unpaired) electrons. The maximum Gasteiger partial charge on any atom is 0.143 e. The lowest BCUT2D eigenvalue weighted by Gasteiger charge is -2.35. The van der Waals surface area contributed by atoms with Gasteiger partial charge in [-0.3, -0.25) is 0 Å². The van der Waals surface area contributed by atoms with Gasteiger partial charge in [0.2, 0.25) is 0 Å². The summed E-state index contributed by atoms with van der Waals surface area (Å²) in [6.45, 7) is 5.28. The fourth-order valence-corrected chi connectivity index (χ4v) is 3.17. The Labute approximate surface area is 116 Å². The molecule has 0 spiro atoms. The number of nitrogens with one attached hydrogen (secondary N) is 1. The van der Waals surface area contributed by atoms with Crippen molar-refractivity contribution in [3.63, 3.8) is 0 Å². The fraction of sp³-hybridized carbons (Fsp3) is 0.583. The van der Waals surface area contributed by atoms with E-state index in [-0.39, 0.29) is 0 Å². The minimum absolute atomic E-state index is 0.527. The van der Waals surface area contributed by atoms with Crippen molar-refractivity contribution < 1.29 is 0 Å². The molecular formula is C12H17BrClN3. The van der Waals surface area contributed by atoms with Crippen LogP contribution in [0.1, 0.15) is 19.8 Å². The van der Waals surface area contributed by atoms with Crippen LogP contribution in [0.25, 0.3) is 0 Å². The molecular weight excluding hydrogens is 302 g/mol. The zero-order chi connectivity index (χ0) is 12.3. The van der Waals surface area contributed by atoms with Crippen molar-refractivity contribution in [1.82, 2.24) is 10.3 Å². The van der Waals surface area contributed by atoms with Gasteiger partial charge in [0, 0.05) is 25.3 Å². The Hall–Kier alpha value is -0.320. The molecule has 1 saturated heterocycles. The highest BCUT2D eigenvalue weighted by Gasteiger charge is 2.22. The third-order valence-electron chi connectivity index (χ3n) is 3.11. The summed E-state index contributed by atoms with van der Waals surface area (Å²) in [4.78, 5) is 6.78. The van der Waals surface area contributed by atoms with Crippen LogP contribution in [0, 0.1) is 0 Å². The van der Waals surface area contributed by atoms with E-state index in [1.807, 2.05) is 6.07 Å². The Morgan fingerprint density at radius 2 is 2.47 bits per heavy atom. The van der Waals surface area contributed by atoms with E-state index in [2.05, 4.69) is 38.1 Å². The van der Waals surface area contributed by atoms with E-state index < -0.39 is 0 Å². The quantitative estimate of drug-likeness (QED) is 0.928. The number of halogens is 2. The molecule has 0 amide bonds. The number of hydrogen-bond donors (Lipinski definition) is 1. The number of aromatic nitrogens is 1. The van der Waals surface area contributed by atoms with Crippen molar-refractivity contribution in [2.75, 3.05) is 24.5 Å². The molecule has 0 saturated carbocycles. The monoisotopic (exact) mass is 317 g/mol. The standard InChI is InChI=1S/C12H17BrClN3/c1-2-17(10-4-3-5-15-8-10)12-11(13)6-9(14)7-16-12/h6-7,10,15H,2-5,8H2,1H3. The average Bonchev–Trinajstić information content (AvgIpc) is 2.34. The van der Waals surface area contributed by atoms with Gasteiger partial charge in [0.05, 0.1) is 9.50 Å². The van der Waals surface area contributed by atoms with E-state index in [9.17, 15) is 0 Å². The van der Waals surface area contributed by atoms with Crippen molar-refractivity contribution in [3.8, 4) is 0 Å². The molecule has 17 heavy (non-hydrogen) atoms. The Bertz CT molecular complexity index is 380. The smallest absolute Gasteiger partial charge is 0.143 e. The third-order valence-corrected chi connectivity index (χ3v) is 3.90. The van der Waals surface area contributed by atoms with Crippen LogP contribution < -0.4 is 10.2 Å². The third kappa shape index (κ3) is 3.12. The summed E-state index contributed by atoms with van der Waals surface area (Å²) < 4.78 is 0.970. The van der Waals surface area contributed by atoms with Gasteiger partial charge in [-0.25, -0.2) is 4.98 Å². The molecule has 1 aliphatic heterocycles. The average molecular weight is 319 g/mol. The first-order valence-electron chi connectivity index (χ1n) is 6.00. The minimum Gasteiger partial charge on any atom is -0.352 e. The van der Waals surface area contributed by atoms with Gasteiger partial charge in [-0.15, -0.1) is 0 Å². The molecule has 0 aromatic carbocycles. The van der Waals surface area contributed by atoms with Gasteiger partial charge >= 0.3 is 0 Å². The Kier molecular flexibility index (Phi) is 4.65. The fourth-order valence-electron chi connectivity index (χ4n) is 2.30. The highest BCUT2D eigenvalue weighted by molar-refractivity contribution is 9.10. The molecule has 2 heterocycles. The van der Waals surface area contributed by atoms with Crippen LogP contribution in [0.3, 0.4) is 0 Å². The number of anilines is 1. The molecule has 1 aromatic heterocycles. The van der Waals surface area contributed by atoms with Crippen LogP contribution in [-0.2, 0) is 0 Å². The van der Waals surface area contributed by atoms with E-state index in [4.69, 9.17) is 11.6 Å². The SMILES string of the molecule is CCN(c1ncc(Cl)cc1Br)C1CCCNC1. The van der Waals surface area contributed by atoms with E-state index in [0.717, 1.165) is 29.9 Å². The van der Waals surface area contributed by atoms with Crippen LogP contribution >= 0.6 is 27.5 Å². The molecule has 1 N–H and O–H groups in total. The largest absolute Gasteiger partial charge is 0.352 e. The molecule has 5 heteroatoms. The second-order valence-electron chi connectivity index (χ2n) is 4.25. The topological polar surface area (TPSA) is 28.2 Å². The molecule has 1 aromatic rings. The lowest BCUT2D eigenvalue weighted by Crippen LogP contribution is -2.46. The van der Waals surface area contributed by atoms with E-state index >= 15 is 0 Å². The first kappa shape index (κ1) is 13.1. The summed E-state index contributed by atoms with van der Waals surface area (Å²) in [7, 11) is 0. The molecule has 0 bridgehead atoms. The highest BCUT2D eigenvalue weighted by Crippen LogP contribution is 2.28. The number of pyridine rings is 1. The Morgan fingerprint density at radius 3 is 3.06 bits per heavy atom. The predicted octanol–water partition coefficient (Wildman–Crippen LogP) is 3.08. The van der Waals surface area contributed by atoms with Gasteiger partial charge in [0.15, 0.2) is 0 Å². The maximum atomic E-state index is 5.93. The van der Waals surface area contributed by atoms with Crippen LogP contribution in [0.5, 0.6) is 0 Å². The molecule has 2 rings (SSSR count). The number of nitrogens with zero attached hydrogens (tertiary/aromatic N) is 2. The second-order valence-corrected chi connectivity index (χ2v) is 5.54. The Morgan fingerprint density at radius 1 is 1.65 bits per heavy atom. The lowest BCUT2D eigenvalue weighted by atomic mass is 10.1. The Balaban J connectivity index is 2.21. The van der Waals surface area contributed by atoms with E-state index in [0.29, 0.717) is 11.1 Å². The molecule has 1 unspecified atom stereocenters. The van der Waals surface area contributed by atoms with Crippen molar-refractivity contribution >= 4 is 33.3 Å². The summed E-state index contributed by atoms with van der Waals surface area (Å²) in [6, 6.07) is 2.43. The molecule has 3 nitrogen and oxygen atoms in total. The van der Waals surface area contributed by atoms with Crippen LogP contribution in [-0.4, -0.2) is 30.7 Å². The van der Waals surface area contributed by atoms with Crippen molar-refractivity contribution in [3.05, 3.63) is 21.8 Å². The molecule has 0 aliphatic carbocycles. The summed E-state index contributed by atoms with van der Waals surface area (Å²) >= 11 is 9.47. The number of hydrogen-bond acceptors (Lipinski definition) is 3. The number of rotatable bonds is 3. The van der Waals surface area contributed by atoms with Gasteiger partial charge in [-0.1, -0.05) is 11.6 Å². The van der Waals surface area contributed by atoms with E-state index in [1.54, 1.807) is 6.20 Å². The number of piperidine rings is 1. The van der Waals surface area contributed by atoms with E-state index in [1.165, 1.54) is 12.8 Å². The van der Waals surface area contributed by atoms with Gasteiger partial charge in [-0.05, 0) is 48.3 Å². The summed E-state index contributed by atoms with van der Waals surface area (Å²) in [5.41, 5.74) is 0. The lowest BCUT2D eigenvalue weighted by molar-refractivity contribution is 0.433. The van der Waals surface area contributed by atoms with Gasteiger partial charge in [-0.2, -0.15) is 0 Å². The summed E-state index contributed by atoms with van der Waals surface area (Å²) in [6.07, 6.45) is 4.16. The summed E-state index contributed by atoms with van der Waals surface area (Å²) in [5.74, 6) is 0.991. The van der Waals surface area contributed by atoms with Crippen LogP contribution in [0.15, 0.2) is 16.7 Å². The minimum atomic E-state index is 0.527.